The van der Waals surface area contributed by atoms with Crippen LogP contribution in [0, 0.1) is 0 Å². The largest absolute Gasteiger partial charge is 0.550 e. The van der Waals surface area contributed by atoms with Crippen molar-refractivity contribution >= 4 is 16.5 Å². The van der Waals surface area contributed by atoms with Crippen molar-refractivity contribution in [1.82, 2.24) is 0 Å². The fraction of sp³-hybridized carbons (Fsp3) is 1.00. The van der Waals surface area contributed by atoms with Crippen molar-refractivity contribution in [2.24, 2.45) is 0 Å². The average molecular weight is 194 g/mol. The summed E-state index contributed by atoms with van der Waals surface area (Å²) in [6.07, 6.45) is 0.608. The van der Waals surface area contributed by atoms with Crippen LogP contribution in [0.15, 0.2) is 0 Å². The van der Waals surface area contributed by atoms with Gasteiger partial charge in [0.15, 0.2) is 0 Å². The minimum absolute atomic E-state index is 0.608. The molecule has 0 aliphatic carbocycles. The summed E-state index contributed by atoms with van der Waals surface area (Å²) in [6, 6.07) is 0. The van der Waals surface area contributed by atoms with Gasteiger partial charge in [-0.25, -0.2) is 0 Å². The van der Waals surface area contributed by atoms with E-state index in [1.54, 1.807) is 28.4 Å². The van der Waals surface area contributed by atoms with Gasteiger partial charge < -0.3 is 18.0 Å². The Kier molecular flexibility index (Phi) is 6.38. The van der Waals surface area contributed by atoms with Crippen LogP contribution in [0.2, 0.25) is 0 Å². The van der Waals surface area contributed by atoms with Crippen molar-refractivity contribution < 1.29 is 18.0 Å². The van der Waals surface area contributed by atoms with E-state index in [1.165, 1.54) is 0 Å². The van der Waals surface area contributed by atoms with E-state index in [9.17, 15) is 0 Å². The van der Waals surface area contributed by atoms with Crippen LogP contribution in [-0.4, -0.2) is 51.2 Å². The third-order valence-electron chi connectivity index (χ3n) is 1.12. The maximum atomic E-state index is 5.21. The molecule has 0 rings (SSSR count). The lowest BCUT2D eigenvalue weighted by Crippen LogP contribution is -2.28. The Balaban J connectivity index is 4.21. The van der Waals surface area contributed by atoms with Gasteiger partial charge in [-0.15, -0.1) is 0 Å². The molecule has 11 heavy (non-hydrogen) atoms. The summed E-state index contributed by atoms with van der Waals surface area (Å²) >= 11 is 0. The van der Waals surface area contributed by atoms with Crippen molar-refractivity contribution in [3.63, 3.8) is 0 Å². The van der Waals surface area contributed by atoms with Gasteiger partial charge in [0.05, 0.1) is 27.6 Å². The summed E-state index contributed by atoms with van der Waals surface area (Å²) in [5.74, 6) is 0. The number of hydrogen-bond acceptors (Lipinski definition) is 4. The predicted molar refractivity (Wildman–Crippen MR) is 44.4 cm³/mol. The van der Waals surface area contributed by atoms with Crippen molar-refractivity contribution in [3.05, 3.63) is 0 Å². The van der Waals surface area contributed by atoms with Crippen LogP contribution in [0.4, 0.5) is 0 Å². The van der Waals surface area contributed by atoms with E-state index in [1.807, 2.05) is 0 Å². The Morgan fingerprint density at radius 2 is 1.45 bits per heavy atom. The molecule has 0 aromatic rings. The Morgan fingerprint density at radius 1 is 0.909 bits per heavy atom. The monoisotopic (exact) mass is 194 g/mol. The number of methoxy groups -OCH3 is 1. The van der Waals surface area contributed by atoms with E-state index in [2.05, 4.69) is 0 Å². The lowest BCUT2D eigenvalue weighted by Gasteiger charge is -2.07. The first-order valence-corrected chi connectivity index (χ1v) is 7.07. The highest BCUT2D eigenvalue weighted by Crippen LogP contribution is 1.81. The van der Waals surface area contributed by atoms with Gasteiger partial charge in [0.25, 0.3) is 0 Å². The normalized spacial score (nSPS) is 8.73. The van der Waals surface area contributed by atoms with Crippen LogP contribution in [0.1, 0.15) is 0 Å². The van der Waals surface area contributed by atoms with Gasteiger partial charge in [-0.05, 0) is 0 Å². The Bertz CT molecular complexity index is 130. The lowest BCUT2D eigenvalue weighted by atomic mass is 11.5. The van der Waals surface area contributed by atoms with E-state index < -0.39 is 16.5 Å². The highest BCUT2D eigenvalue weighted by atomic mass is 28.9. The van der Waals surface area contributed by atoms with Crippen LogP contribution in [0.25, 0.3) is 0 Å². The summed E-state index contributed by atoms with van der Waals surface area (Å²) in [6.45, 7) is 0. The molecule has 0 saturated carbocycles. The van der Waals surface area contributed by atoms with Crippen LogP contribution in [-0.2, 0) is 18.0 Å². The van der Waals surface area contributed by atoms with Crippen LogP contribution in [0.3, 0.4) is 0 Å². The molecule has 4 nitrogen and oxygen atoms in total. The predicted octanol–water partition coefficient (Wildman–Crippen LogP) is -0.331. The summed E-state index contributed by atoms with van der Waals surface area (Å²) in [7, 11) is 4.32. The maximum absolute atomic E-state index is 5.21. The van der Waals surface area contributed by atoms with Crippen LogP contribution >= 0.6 is 0 Å². The van der Waals surface area contributed by atoms with Crippen LogP contribution < -0.4 is 0 Å². The third kappa shape index (κ3) is 3.63. The van der Waals surface area contributed by atoms with Crippen molar-refractivity contribution in [1.29, 1.82) is 0 Å². The second-order valence-corrected chi connectivity index (χ2v) is 7.59. The van der Waals surface area contributed by atoms with Gasteiger partial charge in [-0.2, -0.15) is 0 Å². The van der Waals surface area contributed by atoms with Gasteiger partial charge in [-0.1, -0.05) is 0 Å². The summed E-state index contributed by atoms with van der Waals surface area (Å²) in [5.41, 5.74) is 0. The first kappa shape index (κ1) is 10.8. The van der Waals surface area contributed by atoms with Gasteiger partial charge in [0.1, 0.15) is 0 Å². The molecule has 0 aliphatic heterocycles. The second kappa shape index (κ2) is 6.50. The molecule has 0 saturated heterocycles. The zero-order chi connectivity index (χ0) is 8.69. The molecule has 66 valence electrons. The molecule has 0 aromatic heterocycles. The lowest BCUT2D eigenvalue weighted by molar-refractivity contribution is 0.230. The maximum Gasteiger partial charge on any atom is 0.486 e. The van der Waals surface area contributed by atoms with Crippen LogP contribution in [0.5, 0.6) is 0 Å². The van der Waals surface area contributed by atoms with E-state index in [4.69, 9.17) is 18.0 Å². The second-order valence-electron chi connectivity index (χ2n) is 1.76. The molecule has 0 amide bonds. The Morgan fingerprint density at radius 3 is 1.73 bits per heavy atom. The molecule has 6 heteroatoms. The Hall–Kier alpha value is -0.206. The molecule has 0 spiro atoms. The summed E-state index contributed by atoms with van der Waals surface area (Å²) in [5, 5.41) is 0. The summed E-state index contributed by atoms with van der Waals surface area (Å²) < 4.78 is 20.4. The van der Waals surface area contributed by atoms with Crippen molar-refractivity contribution in [2.75, 3.05) is 34.7 Å². The molecule has 0 atom stereocenters. The molecule has 0 N–H and O–H groups in total. The number of hydrogen-bond donors (Lipinski definition) is 0. The molecule has 0 unspecified atom stereocenters. The molecule has 0 radical (unpaired) electrons. The van der Waals surface area contributed by atoms with Gasteiger partial charge in [0.2, 0.25) is 0 Å². The number of rotatable bonds is 5. The smallest absolute Gasteiger partial charge is 0.486 e. The fourth-order valence-electron chi connectivity index (χ4n) is 0.643. The SMILES string of the molecule is COC[Si](OC)=[Si](OC)OC. The quantitative estimate of drug-likeness (QED) is 0.562. The third-order valence-corrected chi connectivity index (χ3v) is 7.00. The standard InChI is InChI=1S/C5H14O4Si2/c1-6-5-10(7-2)11(8-3)9-4/h5H2,1-4H3. The van der Waals surface area contributed by atoms with E-state index in [0.717, 1.165) is 0 Å². The zero-order valence-electron chi connectivity index (χ0n) is 7.34. The van der Waals surface area contributed by atoms with E-state index >= 15 is 0 Å². The Labute approximate surface area is 69.9 Å². The molecule has 0 aromatic carbocycles. The molecule has 0 heterocycles. The molecule has 0 fully saturated rings. The van der Waals surface area contributed by atoms with Crippen molar-refractivity contribution in [2.45, 2.75) is 0 Å². The molecule has 0 aliphatic rings. The molecular weight excluding hydrogens is 180 g/mol. The zero-order valence-corrected chi connectivity index (χ0v) is 9.34. The highest BCUT2D eigenvalue weighted by molar-refractivity contribution is 6.86. The molecule has 0 bridgehead atoms. The minimum atomic E-state index is -1.22. The average Bonchev–Trinajstić information content (AvgIpc) is 2.05. The highest BCUT2D eigenvalue weighted by Gasteiger charge is 2.13. The molecular formula is C5H14O4Si2. The summed E-state index contributed by atoms with van der Waals surface area (Å²) in [4.78, 5) is 0. The minimum Gasteiger partial charge on any atom is -0.550 e. The van der Waals surface area contributed by atoms with Crippen molar-refractivity contribution in [3.8, 4) is 0 Å². The first-order chi connectivity index (χ1) is 5.29. The van der Waals surface area contributed by atoms with Gasteiger partial charge >= 0.3 is 16.5 Å². The van der Waals surface area contributed by atoms with E-state index in [0.29, 0.717) is 6.23 Å². The number of ether oxygens (including phenoxy) is 1. The van der Waals surface area contributed by atoms with Gasteiger partial charge in [0, 0.05) is 7.11 Å². The van der Waals surface area contributed by atoms with E-state index in [-0.39, 0.29) is 0 Å². The topological polar surface area (TPSA) is 36.9 Å². The van der Waals surface area contributed by atoms with Gasteiger partial charge in [-0.3, -0.25) is 0 Å². The first-order valence-electron chi connectivity index (χ1n) is 3.14. The fourth-order valence-corrected chi connectivity index (χ4v) is 4.58.